The number of amides is 1. The van der Waals surface area contributed by atoms with Crippen LogP contribution in [0, 0.1) is 13.8 Å². The van der Waals surface area contributed by atoms with Gasteiger partial charge in [0.05, 0.1) is 5.52 Å². The summed E-state index contributed by atoms with van der Waals surface area (Å²) in [6, 6.07) is 11.8. The summed E-state index contributed by atoms with van der Waals surface area (Å²) in [6.45, 7) is 5.24. The monoisotopic (exact) mass is 393 g/mol. The van der Waals surface area contributed by atoms with Crippen molar-refractivity contribution in [2.45, 2.75) is 32.7 Å². The maximum atomic E-state index is 12.9. The summed E-state index contributed by atoms with van der Waals surface area (Å²) >= 11 is 0. The van der Waals surface area contributed by atoms with Gasteiger partial charge in [-0.05, 0) is 68.1 Å². The molecular weight excluding hydrogens is 366 g/mol. The number of oxazole rings is 1. The number of carbonyl (C=O) groups excluding carboxylic acids is 1. The molecule has 0 N–H and O–H groups in total. The number of piperidine rings is 1. The fourth-order valence-corrected chi connectivity index (χ4v) is 4.24. The normalized spacial score (nSPS) is 15.1. The lowest BCUT2D eigenvalue weighted by molar-refractivity contribution is 0.0694. The summed E-state index contributed by atoms with van der Waals surface area (Å²) in [5.41, 5.74) is 5.38. The highest BCUT2D eigenvalue weighted by atomic mass is 16.4. The molecule has 2 aromatic carbocycles. The van der Waals surface area contributed by atoms with Crippen LogP contribution in [0.15, 0.2) is 45.6 Å². The van der Waals surface area contributed by atoms with Crippen LogP contribution in [0.5, 0.6) is 0 Å². The van der Waals surface area contributed by atoms with Crippen molar-refractivity contribution in [1.82, 2.24) is 9.47 Å². The molecule has 29 heavy (non-hydrogen) atoms. The molecular formula is C23H27N3O3. The van der Waals surface area contributed by atoms with Crippen LogP contribution in [0.4, 0.5) is 5.69 Å². The number of rotatable bonds is 3. The van der Waals surface area contributed by atoms with E-state index >= 15 is 0 Å². The van der Waals surface area contributed by atoms with Gasteiger partial charge in [-0.2, -0.15) is 0 Å². The van der Waals surface area contributed by atoms with Crippen molar-refractivity contribution in [1.29, 1.82) is 0 Å². The molecule has 0 radical (unpaired) electrons. The minimum atomic E-state index is -0.308. The molecule has 4 rings (SSSR count). The Morgan fingerprint density at radius 3 is 2.34 bits per heavy atom. The van der Waals surface area contributed by atoms with E-state index in [1.807, 2.05) is 74.1 Å². The Hall–Kier alpha value is -3.02. The quantitative estimate of drug-likeness (QED) is 0.680. The van der Waals surface area contributed by atoms with Gasteiger partial charge in [-0.3, -0.25) is 9.36 Å². The Labute approximate surface area is 170 Å². The first-order valence-electron chi connectivity index (χ1n) is 10.0. The van der Waals surface area contributed by atoms with E-state index in [4.69, 9.17) is 4.42 Å². The largest absolute Gasteiger partial charge is 0.420 e. The lowest BCUT2D eigenvalue weighted by Gasteiger charge is -2.32. The number of anilines is 1. The summed E-state index contributed by atoms with van der Waals surface area (Å²) < 4.78 is 7.32. The number of aryl methyl sites for hydroxylation is 2. The molecule has 0 saturated carbocycles. The average molecular weight is 393 g/mol. The number of nitrogens with zero attached hydrogens (tertiary/aromatic N) is 3. The number of aromatic nitrogens is 1. The first kappa shape index (κ1) is 19.3. The van der Waals surface area contributed by atoms with Crippen molar-refractivity contribution in [3.05, 3.63) is 63.6 Å². The van der Waals surface area contributed by atoms with Gasteiger partial charge in [0.2, 0.25) is 0 Å². The Morgan fingerprint density at radius 1 is 1.07 bits per heavy atom. The Balaban J connectivity index is 1.51. The molecule has 2 heterocycles. The van der Waals surface area contributed by atoms with Gasteiger partial charge in [0.15, 0.2) is 5.58 Å². The van der Waals surface area contributed by atoms with Crippen LogP contribution in [0.25, 0.3) is 11.1 Å². The van der Waals surface area contributed by atoms with Gasteiger partial charge < -0.3 is 14.2 Å². The van der Waals surface area contributed by atoms with Crippen molar-refractivity contribution >= 4 is 22.7 Å². The summed E-state index contributed by atoms with van der Waals surface area (Å²) in [7, 11) is 3.96. The first-order chi connectivity index (χ1) is 13.8. The zero-order valence-electron chi connectivity index (χ0n) is 17.4. The molecule has 6 nitrogen and oxygen atoms in total. The summed E-state index contributed by atoms with van der Waals surface area (Å²) in [6.07, 6.45) is 1.48. The molecule has 0 spiro atoms. The van der Waals surface area contributed by atoms with Crippen LogP contribution in [0.1, 0.15) is 40.4 Å². The summed E-state index contributed by atoms with van der Waals surface area (Å²) in [5.74, 6) is -0.261. The van der Waals surface area contributed by atoms with Crippen molar-refractivity contribution in [3.63, 3.8) is 0 Å². The Bertz CT molecular complexity index is 1100. The highest BCUT2D eigenvalue weighted by molar-refractivity contribution is 5.94. The Morgan fingerprint density at radius 2 is 1.72 bits per heavy atom. The maximum absolute atomic E-state index is 12.9. The van der Waals surface area contributed by atoms with Gasteiger partial charge in [0, 0.05) is 44.5 Å². The molecule has 3 aromatic rings. The van der Waals surface area contributed by atoms with Crippen LogP contribution >= 0.6 is 0 Å². The molecule has 6 heteroatoms. The fraction of sp³-hybridized carbons (Fsp3) is 0.391. The SMILES string of the molecule is Cc1cc(C)c2oc(=O)n(C3CCN(C(=O)c4ccc(N(C)C)cc4)CC3)c2c1. The number of carbonyl (C=O) groups is 1. The van der Waals surface area contributed by atoms with Gasteiger partial charge in [0.1, 0.15) is 0 Å². The standard InChI is InChI=1S/C23H27N3O3/c1-15-13-16(2)21-20(14-15)26(23(28)29-21)19-9-11-25(12-10-19)22(27)17-5-7-18(8-6-17)24(3)4/h5-8,13-14,19H,9-12H2,1-4H3. The van der Waals surface area contributed by atoms with Crippen molar-refractivity contribution in [2.75, 3.05) is 32.1 Å². The van der Waals surface area contributed by atoms with E-state index in [2.05, 4.69) is 0 Å². The van der Waals surface area contributed by atoms with Crippen molar-refractivity contribution in [2.24, 2.45) is 0 Å². The van der Waals surface area contributed by atoms with E-state index in [1.54, 1.807) is 4.57 Å². The number of hydrogen-bond donors (Lipinski definition) is 0. The second kappa shape index (κ2) is 7.43. The molecule has 1 aliphatic rings. The molecule has 1 aliphatic heterocycles. The molecule has 1 fully saturated rings. The third-order valence-corrected chi connectivity index (χ3v) is 5.79. The molecule has 1 saturated heterocycles. The number of fused-ring (bicyclic) bond motifs is 1. The third-order valence-electron chi connectivity index (χ3n) is 5.79. The third kappa shape index (κ3) is 3.55. The molecule has 1 aromatic heterocycles. The number of likely N-dealkylation sites (tertiary alicyclic amines) is 1. The van der Waals surface area contributed by atoms with Gasteiger partial charge in [-0.25, -0.2) is 4.79 Å². The minimum Gasteiger partial charge on any atom is -0.407 e. The molecule has 152 valence electrons. The zero-order valence-corrected chi connectivity index (χ0v) is 17.4. The van der Waals surface area contributed by atoms with Crippen LogP contribution in [0.2, 0.25) is 0 Å². The summed E-state index contributed by atoms with van der Waals surface area (Å²) in [4.78, 5) is 29.3. The molecule has 0 unspecified atom stereocenters. The summed E-state index contributed by atoms with van der Waals surface area (Å²) in [5, 5.41) is 0. The van der Waals surface area contributed by atoms with Crippen LogP contribution < -0.4 is 10.7 Å². The predicted molar refractivity (Wildman–Crippen MR) is 115 cm³/mol. The molecule has 0 atom stereocenters. The highest BCUT2D eigenvalue weighted by Gasteiger charge is 2.27. The zero-order chi connectivity index (χ0) is 20.7. The van der Waals surface area contributed by atoms with Gasteiger partial charge in [-0.15, -0.1) is 0 Å². The number of hydrogen-bond acceptors (Lipinski definition) is 4. The second-order valence-electron chi connectivity index (χ2n) is 8.13. The lowest BCUT2D eigenvalue weighted by atomic mass is 10.0. The molecule has 0 aliphatic carbocycles. The molecule has 1 amide bonds. The lowest BCUT2D eigenvalue weighted by Crippen LogP contribution is -2.40. The first-order valence-corrected chi connectivity index (χ1v) is 10.0. The number of benzene rings is 2. The van der Waals surface area contributed by atoms with Crippen LogP contribution in [-0.4, -0.2) is 42.6 Å². The average Bonchev–Trinajstić information content (AvgIpc) is 3.04. The van der Waals surface area contributed by atoms with E-state index in [9.17, 15) is 9.59 Å². The fourth-order valence-electron chi connectivity index (χ4n) is 4.24. The second-order valence-corrected chi connectivity index (χ2v) is 8.13. The minimum absolute atomic E-state index is 0.0462. The van der Waals surface area contributed by atoms with Gasteiger partial charge in [0.25, 0.3) is 5.91 Å². The van der Waals surface area contributed by atoms with Gasteiger partial charge >= 0.3 is 5.76 Å². The maximum Gasteiger partial charge on any atom is 0.420 e. The smallest absolute Gasteiger partial charge is 0.407 e. The van der Waals surface area contributed by atoms with Crippen molar-refractivity contribution < 1.29 is 9.21 Å². The van der Waals surface area contributed by atoms with E-state index in [1.165, 1.54) is 0 Å². The highest BCUT2D eigenvalue weighted by Crippen LogP contribution is 2.28. The predicted octanol–water partition coefficient (Wildman–Crippen LogP) is 3.75. The Kier molecular flexibility index (Phi) is 4.94. The van der Waals surface area contributed by atoms with Crippen molar-refractivity contribution in [3.8, 4) is 0 Å². The van der Waals surface area contributed by atoms with Crippen LogP contribution in [-0.2, 0) is 0 Å². The van der Waals surface area contributed by atoms with Crippen LogP contribution in [0.3, 0.4) is 0 Å². The van der Waals surface area contributed by atoms with E-state index in [0.717, 1.165) is 35.2 Å². The topological polar surface area (TPSA) is 58.7 Å². The van der Waals surface area contributed by atoms with Gasteiger partial charge in [-0.1, -0.05) is 6.07 Å². The van der Waals surface area contributed by atoms with E-state index < -0.39 is 0 Å². The molecule has 0 bridgehead atoms. The van der Waals surface area contributed by atoms with E-state index in [-0.39, 0.29) is 17.7 Å². The van der Waals surface area contributed by atoms with E-state index in [0.29, 0.717) is 24.2 Å².